The number of H-pyrrole nitrogens is 1. The molecule has 0 amide bonds. The number of hydrogen-bond donors (Lipinski definition) is 2. The number of aromatic nitrogens is 4. The highest BCUT2D eigenvalue weighted by Gasteiger charge is 2.03. The van der Waals surface area contributed by atoms with Crippen molar-refractivity contribution in [2.75, 3.05) is 5.32 Å². The maximum atomic E-state index is 4.34. The van der Waals surface area contributed by atoms with Crippen LogP contribution in [0.3, 0.4) is 0 Å². The van der Waals surface area contributed by atoms with E-state index in [2.05, 4.69) is 44.9 Å². The Kier molecular flexibility index (Phi) is 3.25. The number of aryl methyl sites for hydroxylation is 2. The molecule has 5 nitrogen and oxygen atoms in total. The molecule has 0 aliphatic carbocycles. The van der Waals surface area contributed by atoms with Gasteiger partial charge in [-0.2, -0.15) is 10.2 Å². The zero-order valence-corrected chi connectivity index (χ0v) is 11.6. The van der Waals surface area contributed by atoms with E-state index in [9.17, 15) is 0 Å². The van der Waals surface area contributed by atoms with Gasteiger partial charge in [0.1, 0.15) is 0 Å². The second-order valence-corrected chi connectivity index (χ2v) is 4.81. The van der Waals surface area contributed by atoms with Gasteiger partial charge >= 0.3 is 0 Å². The molecule has 0 bridgehead atoms. The SMILES string of the molecule is Cc1nn(C)cc1CNc1ccc(-c2ccn[nH]2)cc1. The molecular formula is C15H17N5. The first-order valence-corrected chi connectivity index (χ1v) is 6.55. The zero-order chi connectivity index (χ0) is 13.9. The molecule has 0 atom stereocenters. The van der Waals surface area contributed by atoms with Crippen LogP contribution in [0.2, 0.25) is 0 Å². The van der Waals surface area contributed by atoms with Crippen LogP contribution in [-0.2, 0) is 13.6 Å². The Hall–Kier alpha value is -2.56. The van der Waals surface area contributed by atoms with Gasteiger partial charge in [0, 0.05) is 37.2 Å². The van der Waals surface area contributed by atoms with Gasteiger partial charge in [0.05, 0.1) is 11.4 Å². The molecule has 2 heterocycles. The van der Waals surface area contributed by atoms with Crippen molar-refractivity contribution in [2.45, 2.75) is 13.5 Å². The van der Waals surface area contributed by atoms with Crippen LogP contribution in [0.25, 0.3) is 11.3 Å². The molecule has 0 fully saturated rings. The molecule has 0 saturated carbocycles. The predicted octanol–water partition coefficient (Wildman–Crippen LogP) is 2.73. The maximum absolute atomic E-state index is 4.34. The lowest BCUT2D eigenvalue weighted by Crippen LogP contribution is -1.99. The van der Waals surface area contributed by atoms with Crippen LogP contribution in [-0.4, -0.2) is 20.0 Å². The molecule has 0 unspecified atom stereocenters. The molecule has 0 aliphatic heterocycles. The summed E-state index contributed by atoms with van der Waals surface area (Å²) in [6.07, 6.45) is 3.80. The Bertz CT molecular complexity index is 680. The molecule has 2 aromatic heterocycles. The highest BCUT2D eigenvalue weighted by molar-refractivity contribution is 5.62. The zero-order valence-electron chi connectivity index (χ0n) is 11.6. The lowest BCUT2D eigenvalue weighted by Gasteiger charge is -2.06. The first kappa shape index (κ1) is 12.5. The van der Waals surface area contributed by atoms with Crippen LogP contribution in [0, 0.1) is 6.92 Å². The second kappa shape index (κ2) is 5.21. The van der Waals surface area contributed by atoms with Crippen molar-refractivity contribution in [3.05, 3.63) is 54.0 Å². The minimum absolute atomic E-state index is 0.781. The molecule has 5 heteroatoms. The number of hydrogen-bond acceptors (Lipinski definition) is 3. The van der Waals surface area contributed by atoms with Crippen LogP contribution >= 0.6 is 0 Å². The van der Waals surface area contributed by atoms with Gasteiger partial charge in [-0.1, -0.05) is 12.1 Å². The van der Waals surface area contributed by atoms with Gasteiger partial charge in [-0.25, -0.2) is 0 Å². The molecule has 3 aromatic rings. The van der Waals surface area contributed by atoms with E-state index in [0.29, 0.717) is 0 Å². The molecule has 102 valence electrons. The second-order valence-electron chi connectivity index (χ2n) is 4.81. The third-order valence-corrected chi connectivity index (χ3v) is 3.29. The Labute approximate surface area is 117 Å². The monoisotopic (exact) mass is 267 g/mol. The summed E-state index contributed by atoms with van der Waals surface area (Å²) in [4.78, 5) is 0. The molecule has 0 saturated heterocycles. The Balaban J connectivity index is 1.68. The fraction of sp³-hybridized carbons (Fsp3) is 0.200. The van der Waals surface area contributed by atoms with Crippen molar-refractivity contribution in [2.24, 2.45) is 7.05 Å². The first-order valence-electron chi connectivity index (χ1n) is 6.55. The van der Waals surface area contributed by atoms with Crippen molar-refractivity contribution in [1.29, 1.82) is 0 Å². The van der Waals surface area contributed by atoms with E-state index in [1.165, 1.54) is 5.56 Å². The maximum Gasteiger partial charge on any atom is 0.0650 e. The van der Waals surface area contributed by atoms with Crippen molar-refractivity contribution in [1.82, 2.24) is 20.0 Å². The number of aromatic amines is 1. The highest BCUT2D eigenvalue weighted by Crippen LogP contribution is 2.19. The molecule has 2 N–H and O–H groups in total. The summed E-state index contributed by atoms with van der Waals surface area (Å²) in [5, 5.41) is 14.7. The molecule has 20 heavy (non-hydrogen) atoms. The molecule has 0 aliphatic rings. The van der Waals surface area contributed by atoms with Crippen LogP contribution in [0.4, 0.5) is 5.69 Å². The topological polar surface area (TPSA) is 58.5 Å². The number of nitrogens with one attached hydrogen (secondary N) is 2. The van der Waals surface area contributed by atoms with E-state index in [4.69, 9.17) is 0 Å². The summed E-state index contributed by atoms with van der Waals surface area (Å²) in [5.41, 5.74) is 5.53. The van der Waals surface area contributed by atoms with Crippen molar-refractivity contribution < 1.29 is 0 Å². The number of anilines is 1. The Morgan fingerprint density at radius 2 is 2.00 bits per heavy atom. The van der Waals surface area contributed by atoms with Crippen LogP contribution in [0.5, 0.6) is 0 Å². The number of nitrogens with zero attached hydrogens (tertiary/aromatic N) is 3. The third-order valence-electron chi connectivity index (χ3n) is 3.29. The Morgan fingerprint density at radius 3 is 2.60 bits per heavy atom. The fourth-order valence-electron chi connectivity index (χ4n) is 2.20. The van der Waals surface area contributed by atoms with E-state index in [1.54, 1.807) is 6.20 Å². The smallest absolute Gasteiger partial charge is 0.0650 e. The summed E-state index contributed by atoms with van der Waals surface area (Å²) in [6, 6.07) is 10.3. The standard InChI is InChI=1S/C15H17N5/c1-11-13(10-20(2)19-11)9-16-14-5-3-12(4-6-14)15-7-8-17-18-15/h3-8,10,16H,9H2,1-2H3,(H,17,18). The van der Waals surface area contributed by atoms with Crippen molar-refractivity contribution >= 4 is 5.69 Å². The summed E-state index contributed by atoms with van der Waals surface area (Å²) < 4.78 is 1.84. The number of benzene rings is 1. The largest absolute Gasteiger partial charge is 0.381 e. The molecule has 3 rings (SSSR count). The van der Waals surface area contributed by atoms with Crippen LogP contribution in [0.1, 0.15) is 11.3 Å². The van der Waals surface area contributed by atoms with Crippen LogP contribution < -0.4 is 5.32 Å². The summed E-state index contributed by atoms with van der Waals surface area (Å²) in [7, 11) is 1.94. The van der Waals surface area contributed by atoms with Gasteiger partial charge in [0.25, 0.3) is 0 Å². The predicted molar refractivity (Wildman–Crippen MR) is 79.3 cm³/mol. The first-order chi connectivity index (χ1) is 9.72. The van der Waals surface area contributed by atoms with Crippen molar-refractivity contribution in [3.63, 3.8) is 0 Å². The van der Waals surface area contributed by atoms with Gasteiger partial charge in [0.15, 0.2) is 0 Å². The quantitative estimate of drug-likeness (QED) is 0.764. The lowest BCUT2D eigenvalue weighted by atomic mass is 10.1. The van der Waals surface area contributed by atoms with E-state index in [0.717, 1.165) is 29.2 Å². The van der Waals surface area contributed by atoms with Crippen molar-refractivity contribution in [3.8, 4) is 11.3 Å². The van der Waals surface area contributed by atoms with Gasteiger partial charge in [0.2, 0.25) is 0 Å². The summed E-state index contributed by atoms with van der Waals surface area (Å²) in [5.74, 6) is 0. The molecule has 0 spiro atoms. The molecular weight excluding hydrogens is 250 g/mol. The Morgan fingerprint density at radius 1 is 1.20 bits per heavy atom. The minimum Gasteiger partial charge on any atom is -0.381 e. The van der Waals surface area contributed by atoms with E-state index in [-0.39, 0.29) is 0 Å². The fourth-order valence-corrected chi connectivity index (χ4v) is 2.20. The van der Waals surface area contributed by atoms with E-state index >= 15 is 0 Å². The van der Waals surface area contributed by atoms with Gasteiger partial charge < -0.3 is 5.32 Å². The molecule has 1 aromatic carbocycles. The third kappa shape index (κ3) is 2.56. The van der Waals surface area contributed by atoms with Crippen LogP contribution in [0.15, 0.2) is 42.7 Å². The number of rotatable bonds is 4. The van der Waals surface area contributed by atoms with Gasteiger partial charge in [-0.05, 0) is 30.7 Å². The van der Waals surface area contributed by atoms with Gasteiger partial charge in [-0.15, -0.1) is 0 Å². The normalized spacial score (nSPS) is 10.7. The van der Waals surface area contributed by atoms with E-state index in [1.807, 2.05) is 30.9 Å². The van der Waals surface area contributed by atoms with Gasteiger partial charge in [-0.3, -0.25) is 9.78 Å². The summed E-state index contributed by atoms with van der Waals surface area (Å²) in [6.45, 7) is 2.81. The average Bonchev–Trinajstić information content (AvgIpc) is 3.07. The minimum atomic E-state index is 0.781. The van der Waals surface area contributed by atoms with E-state index < -0.39 is 0 Å². The molecule has 0 radical (unpaired) electrons. The summed E-state index contributed by atoms with van der Waals surface area (Å²) >= 11 is 0. The highest BCUT2D eigenvalue weighted by atomic mass is 15.2. The average molecular weight is 267 g/mol. The lowest BCUT2D eigenvalue weighted by molar-refractivity contribution is 0.756.